The van der Waals surface area contributed by atoms with E-state index in [0.717, 1.165) is 16.7 Å². The van der Waals surface area contributed by atoms with Crippen molar-refractivity contribution in [3.63, 3.8) is 0 Å². The Kier molecular flexibility index (Phi) is 10.0. The number of imide groups is 1. The van der Waals surface area contributed by atoms with E-state index in [2.05, 4.69) is 21.2 Å². The molecule has 12 heteroatoms. The second-order valence-corrected chi connectivity index (χ2v) is 10.1. The number of nitrogens with one attached hydrogen (secondary N) is 1. The van der Waals surface area contributed by atoms with Crippen LogP contribution in [0.1, 0.15) is 26.3 Å². The summed E-state index contributed by atoms with van der Waals surface area (Å²) in [5, 5.41) is 2.51. The second kappa shape index (κ2) is 13.0. The standard InChI is InChI=1S/C25H24BrClN2O7S/c1-4-34-19-10-15(11-20-24(32)29(25(33)37-20)12-22(31)36-14(2)3)9-16(26)23(19)35-13-21(30)28-18-8-6-5-7-17(18)27/h5-11,14H,4,12-13H2,1-3H3,(H,28,30)/b20-11-. The summed E-state index contributed by atoms with van der Waals surface area (Å²) >= 11 is 10.2. The first-order chi connectivity index (χ1) is 17.6. The minimum Gasteiger partial charge on any atom is -0.490 e. The van der Waals surface area contributed by atoms with E-state index >= 15 is 0 Å². The van der Waals surface area contributed by atoms with Gasteiger partial charge in [-0.25, -0.2) is 0 Å². The third-order valence-electron chi connectivity index (χ3n) is 4.65. The molecule has 0 radical (unpaired) electrons. The SMILES string of the molecule is CCOc1cc(/C=C2\SC(=O)N(CC(=O)OC(C)C)C2=O)cc(Br)c1OCC(=O)Nc1ccccc1Cl. The van der Waals surface area contributed by atoms with Crippen LogP contribution in [0.2, 0.25) is 5.02 Å². The number of halogens is 2. The van der Waals surface area contributed by atoms with E-state index in [-0.39, 0.29) is 23.4 Å². The molecule has 1 aliphatic rings. The highest BCUT2D eigenvalue weighted by Gasteiger charge is 2.37. The quantitative estimate of drug-likeness (QED) is 0.277. The zero-order valence-electron chi connectivity index (χ0n) is 20.2. The number of carbonyl (C=O) groups is 4. The van der Waals surface area contributed by atoms with E-state index in [9.17, 15) is 19.2 Å². The Labute approximate surface area is 231 Å². The average Bonchev–Trinajstić information content (AvgIpc) is 3.07. The summed E-state index contributed by atoms with van der Waals surface area (Å²) in [5.74, 6) is -1.07. The van der Waals surface area contributed by atoms with Crippen molar-refractivity contribution in [3.8, 4) is 11.5 Å². The molecule has 1 saturated heterocycles. The molecule has 1 N–H and O–H groups in total. The fourth-order valence-electron chi connectivity index (χ4n) is 3.18. The van der Waals surface area contributed by atoms with Gasteiger partial charge in [0.25, 0.3) is 17.1 Å². The molecule has 1 aliphatic heterocycles. The largest absolute Gasteiger partial charge is 0.490 e. The summed E-state index contributed by atoms with van der Waals surface area (Å²) < 4.78 is 16.9. The highest BCUT2D eigenvalue weighted by molar-refractivity contribution is 9.10. The maximum absolute atomic E-state index is 12.7. The molecule has 1 fully saturated rings. The van der Waals surface area contributed by atoms with Crippen molar-refractivity contribution in [1.82, 2.24) is 4.90 Å². The molecule has 0 saturated carbocycles. The molecule has 9 nitrogen and oxygen atoms in total. The molecule has 0 aromatic heterocycles. The number of amides is 3. The first-order valence-corrected chi connectivity index (χ1v) is 13.2. The summed E-state index contributed by atoms with van der Waals surface area (Å²) in [4.78, 5) is 50.3. The number of hydrogen-bond acceptors (Lipinski definition) is 8. The monoisotopic (exact) mass is 610 g/mol. The molecule has 2 aromatic rings. The van der Waals surface area contributed by atoms with Crippen LogP contribution in [0.15, 0.2) is 45.8 Å². The summed E-state index contributed by atoms with van der Waals surface area (Å²) in [7, 11) is 0. The molecule has 3 amide bonds. The number of esters is 1. The van der Waals surface area contributed by atoms with Crippen molar-refractivity contribution in [1.29, 1.82) is 0 Å². The number of thioether (sulfide) groups is 1. The van der Waals surface area contributed by atoms with Crippen molar-refractivity contribution in [2.24, 2.45) is 0 Å². The Morgan fingerprint density at radius 3 is 2.59 bits per heavy atom. The zero-order valence-corrected chi connectivity index (χ0v) is 23.4. The first-order valence-electron chi connectivity index (χ1n) is 11.2. The highest BCUT2D eigenvalue weighted by Crippen LogP contribution is 2.39. The van der Waals surface area contributed by atoms with Gasteiger partial charge >= 0.3 is 5.97 Å². The first kappa shape index (κ1) is 28.5. The number of hydrogen-bond donors (Lipinski definition) is 1. The van der Waals surface area contributed by atoms with Crippen LogP contribution in [0.25, 0.3) is 6.08 Å². The lowest BCUT2D eigenvalue weighted by molar-refractivity contribution is -0.149. The van der Waals surface area contributed by atoms with E-state index < -0.39 is 29.6 Å². The number of benzene rings is 2. The van der Waals surface area contributed by atoms with Gasteiger partial charge in [0, 0.05) is 0 Å². The van der Waals surface area contributed by atoms with E-state index in [1.807, 2.05) is 0 Å². The van der Waals surface area contributed by atoms with Gasteiger partial charge in [-0.1, -0.05) is 23.7 Å². The van der Waals surface area contributed by atoms with Crippen molar-refractivity contribution in [2.75, 3.05) is 25.1 Å². The fourth-order valence-corrected chi connectivity index (χ4v) is 4.77. The highest BCUT2D eigenvalue weighted by atomic mass is 79.9. The Morgan fingerprint density at radius 2 is 1.92 bits per heavy atom. The van der Waals surface area contributed by atoms with Gasteiger partial charge in [-0.15, -0.1) is 0 Å². The summed E-state index contributed by atoms with van der Waals surface area (Å²) in [6.07, 6.45) is 1.15. The number of nitrogens with zero attached hydrogens (tertiary/aromatic N) is 1. The molecule has 0 spiro atoms. The van der Waals surface area contributed by atoms with Crippen LogP contribution >= 0.6 is 39.3 Å². The van der Waals surface area contributed by atoms with Crippen LogP contribution in [0, 0.1) is 0 Å². The van der Waals surface area contributed by atoms with Gasteiger partial charge in [0.15, 0.2) is 18.1 Å². The van der Waals surface area contributed by atoms with E-state index in [4.69, 9.17) is 25.8 Å². The Hall–Kier alpha value is -3.02. The van der Waals surface area contributed by atoms with Gasteiger partial charge in [0.05, 0.1) is 32.8 Å². The molecule has 0 aliphatic carbocycles. The van der Waals surface area contributed by atoms with Gasteiger partial charge < -0.3 is 19.5 Å². The number of carbonyl (C=O) groups excluding carboxylic acids is 4. The molecule has 2 aromatic carbocycles. The Bertz CT molecular complexity index is 1250. The van der Waals surface area contributed by atoms with Gasteiger partial charge in [-0.2, -0.15) is 0 Å². The van der Waals surface area contributed by atoms with Crippen LogP contribution in [0.5, 0.6) is 11.5 Å². The van der Waals surface area contributed by atoms with Crippen LogP contribution in [0.3, 0.4) is 0 Å². The number of ether oxygens (including phenoxy) is 3. The van der Waals surface area contributed by atoms with Gasteiger partial charge in [0.1, 0.15) is 6.54 Å². The lowest BCUT2D eigenvalue weighted by Gasteiger charge is -2.15. The van der Waals surface area contributed by atoms with Crippen molar-refractivity contribution < 1.29 is 33.4 Å². The molecular formula is C25H24BrClN2O7S. The molecule has 1 heterocycles. The molecule has 37 heavy (non-hydrogen) atoms. The maximum Gasteiger partial charge on any atom is 0.326 e. The van der Waals surface area contributed by atoms with Gasteiger partial charge in [-0.3, -0.25) is 24.1 Å². The van der Waals surface area contributed by atoms with E-state index in [1.54, 1.807) is 57.2 Å². The number of rotatable bonds is 10. The minimum atomic E-state index is -0.667. The fraction of sp³-hybridized carbons (Fsp3) is 0.280. The average molecular weight is 612 g/mol. The number of para-hydroxylation sites is 1. The molecular weight excluding hydrogens is 588 g/mol. The van der Waals surface area contributed by atoms with Crippen molar-refractivity contribution in [3.05, 3.63) is 56.4 Å². The predicted molar refractivity (Wildman–Crippen MR) is 145 cm³/mol. The molecule has 196 valence electrons. The lowest BCUT2D eigenvalue weighted by Crippen LogP contribution is -2.35. The third-order valence-corrected chi connectivity index (χ3v) is 6.48. The minimum absolute atomic E-state index is 0.143. The molecule has 3 rings (SSSR count). The molecule has 0 bridgehead atoms. The smallest absolute Gasteiger partial charge is 0.326 e. The Balaban J connectivity index is 1.75. The van der Waals surface area contributed by atoms with E-state index in [1.165, 1.54) is 6.08 Å². The van der Waals surface area contributed by atoms with Crippen LogP contribution in [0.4, 0.5) is 10.5 Å². The molecule has 0 atom stereocenters. The summed E-state index contributed by atoms with van der Waals surface area (Å²) in [5.41, 5.74) is 1.00. The third kappa shape index (κ3) is 7.73. The van der Waals surface area contributed by atoms with E-state index in [0.29, 0.717) is 33.1 Å². The van der Waals surface area contributed by atoms with Crippen LogP contribution in [-0.4, -0.2) is 53.8 Å². The second-order valence-electron chi connectivity index (χ2n) is 7.89. The van der Waals surface area contributed by atoms with Crippen molar-refractivity contribution >= 4 is 74.1 Å². The maximum atomic E-state index is 12.7. The van der Waals surface area contributed by atoms with Crippen molar-refractivity contribution in [2.45, 2.75) is 26.9 Å². The van der Waals surface area contributed by atoms with Crippen LogP contribution in [-0.2, 0) is 19.1 Å². The van der Waals surface area contributed by atoms with Gasteiger partial charge in [-0.05, 0) is 84.4 Å². The Morgan fingerprint density at radius 1 is 1.19 bits per heavy atom. The zero-order chi connectivity index (χ0) is 27.1. The topological polar surface area (TPSA) is 111 Å². The summed E-state index contributed by atoms with van der Waals surface area (Å²) in [6.45, 7) is 4.69. The summed E-state index contributed by atoms with van der Waals surface area (Å²) in [6, 6.07) is 10.1. The van der Waals surface area contributed by atoms with Crippen LogP contribution < -0.4 is 14.8 Å². The normalized spacial score (nSPS) is 14.3. The molecule has 0 unspecified atom stereocenters. The van der Waals surface area contributed by atoms with Gasteiger partial charge in [0.2, 0.25) is 0 Å². The number of anilines is 1. The lowest BCUT2D eigenvalue weighted by atomic mass is 10.2. The predicted octanol–water partition coefficient (Wildman–Crippen LogP) is 5.51.